The quantitative estimate of drug-likeness (QED) is 0.181. The van der Waals surface area contributed by atoms with Crippen LogP contribution in [0.4, 0.5) is 0 Å². The summed E-state index contributed by atoms with van der Waals surface area (Å²) in [6.07, 6.45) is 0. The van der Waals surface area contributed by atoms with Gasteiger partial charge < -0.3 is 0 Å². The third-order valence-corrected chi connectivity index (χ3v) is 9.44. The molecule has 9 aromatic rings. The molecule has 0 spiro atoms. The third kappa shape index (κ3) is 4.38. The molecule has 0 radical (unpaired) electrons. The Hall–Kier alpha value is -5.98. The normalized spacial score (nSPS) is 11.5. The van der Waals surface area contributed by atoms with Crippen LogP contribution in [-0.4, -0.2) is 0 Å². The van der Waals surface area contributed by atoms with Crippen LogP contribution in [0.1, 0.15) is 0 Å². The van der Waals surface area contributed by atoms with Gasteiger partial charge in [0, 0.05) is 0 Å². The molecule has 46 heavy (non-hydrogen) atoms. The van der Waals surface area contributed by atoms with E-state index in [1.165, 1.54) is 87.6 Å². The van der Waals surface area contributed by atoms with Crippen molar-refractivity contribution in [2.24, 2.45) is 0 Å². The molecule has 0 heterocycles. The van der Waals surface area contributed by atoms with Crippen molar-refractivity contribution in [1.29, 1.82) is 0 Å². The van der Waals surface area contributed by atoms with Gasteiger partial charge in [0.25, 0.3) is 0 Å². The number of benzene rings is 9. The molecule has 0 aliphatic rings. The molecular weight excluding hydrogens is 553 g/mol. The maximum atomic E-state index is 2.37. The number of fused-ring (bicyclic) bond motifs is 4. The molecule has 0 aromatic heterocycles. The largest absolute Gasteiger partial charge is 0.0622 e. The summed E-state index contributed by atoms with van der Waals surface area (Å²) in [6.45, 7) is 0. The highest BCUT2D eigenvalue weighted by Gasteiger charge is 2.16. The Kier molecular flexibility index (Phi) is 6.25. The molecule has 0 N–H and O–H groups in total. The van der Waals surface area contributed by atoms with Crippen molar-refractivity contribution >= 4 is 43.1 Å². The highest BCUT2D eigenvalue weighted by Crippen LogP contribution is 2.44. The molecule has 0 unspecified atom stereocenters. The second-order valence-corrected chi connectivity index (χ2v) is 12.1. The Morgan fingerprint density at radius 3 is 1.37 bits per heavy atom. The minimum atomic E-state index is 1.22. The van der Waals surface area contributed by atoms with Gasteiger partial charge in [0.1, 0.15) is 0 Å². The van der Waals surface area contributed by atoms with E-state index in [0.717, 1.165) is 0 Å². The summed E-state index contributed by atoms with van der Waals surface area (Å²) in [5, 5.41) is 10.2. The maximum absolute atomic E-state index is 2.37. The van der Waals surface area contributed by atoms with E-state index in [-0.39, 0.29) is 0 Å². The van der Waals surface area contributed by atoms with Crippen molar-refractivity contribution in [2.75, 3.05) is 0 Å². The van der Waals surface area contributed by atoms with E-state index >= 15 is 0 Å². The standard InChI is InChI=1S/C46H30/c1-2-12-35(13-3-1)45-41-16-6-8-18-43(41)46(44-19-9-7-17-42(44)45)37-28-24-32-23-27-36(29-38(32)30-37)31-21-25-34(26-22-31)40-20-10-14-33-11-4-5-15-39(33)40/h1-30H. The lowest BCUT2D eigenvalue weighted by Gasteiger charge is -2.18. The van der Waals surface area contributed by atoms with E-state index in [2.05, 4.69) is 182 Å². The fourth-order valence-corrected chi connectivity index (χ4v) is 7.26. The first-order valence-corrected chi connectivity index (χ1v) is 15.9. The van der Waals surface area contributed by atoms with E-state index in [4.69, 9.17) is 0 Å². The Labute approximate surface area is 268 Å². The first-order chi connectivity index (χ1) is 22.8. The van der Waals surface area contributed by atoms with Crippen LogP contribution in [0.2, 0.25) is 0 Å². The van der Waals surface area contributed by atoms with Crippen LogP contribution < -0.4 is 0 Å². The van der Waals surface area contributed by atoms with Gasteiger partial charge in [-0.2, -0.15) is 0 Å². The molecule has 0 atom stereocenters. The average Bonchev–Trinajstić information content (AvgIpc) is 3.13. The summed E-state index contributed by atoms with van der Waals surface area (Å²) >= 11 is 0. The lowest BCUT2D eigenvalue weighted by atomic mass is 9.85. The van der Waals surface area contributed by atoms with Gasteiger partial charge in [0.05, 0.1) is 0 Å². The lowest BCUT2D eigenvalue weighted by Crippen LogP contribution is -1.91. The van der Waals surface area contributed by atoms with Gasteiger partial charge in [-0.1, -0.05) is 170 Å². The zero-order valence-electron chi connectivity index (χ0n) is 25.3. The molecule has 0 bridgehead atoms. The molecule has 214 valence electrons. The zero-order chi connectivity index (χ0) is 30.5. The smallest absolute Gasteiger partial charge is 0.00262 e. The second kappa shape index (κ2) is 10.9. The SMILES string of the molecule is c1ccc(-c2c3ccccc3c(-c3ccc4ccc(-c5ccc(-c6cccc7ccccc67)cc5)cc4c3)c3ccccc23)cc1. The van der Waals surface area contributed by atoms with E-state index in [1.807, 2.05) is 0 Å². The van der Waals surface area contributed by atoms with Crippen molar-refractivity contribution in [2.45, 2.75) is 0 Å². The molecule has 9 aromatic carbocycles. The summed E-state index contributed by atoms with van der Waals surface area (Å²) in [4.78, 5) is 0. The molecule has 0 nitrogen and oxygen atoms in total. The molecule has 0 aliphatic carbocycles. The number of hydrogen-bond donors (Lipinski definition) is 0. The summed E-state index contributed by atoms with van der Waals surface area (Å²) in [5.41, 5.74) is 10.0. The van der Waals surface area contributed by atoms with E-state index in [9.17, 15) is 0 Å². The third-order valence-electron chi connectivity index (χ3n) is 9.44. The van der Waals surface area contributed by atoms with Gasteiger partial charge in [-0.25, -0.2) is 0 Å². The molecule has 0 saturated heterocycles. The van der Waals surface area contributed by atoms with E-state index < -0.39 is 0 Å². The first kappa shape index (κ1) is 26.4. The van der Waals surface area contributed by atoms with Crippen LogP contribution in [0.3, 0.4) is 0 Å². The summed E-state index contributed by atoms with van der Waals surface area (Å²) < 4.78 is 0. The summed E-state index contributed by atoms with van der Waals surface area (Å²) in [5.74, 6) is 0. The van der Waals surface area contributed by atoms with Crippen LogP contribution in [0.5, 0.6) is 0 Å². The summed E-state index contributed by atoms with van der Waals surface area (Å²) in [7, 11) is 0. The number of rotatable bonds is 4. The fourth-order valence-electron chi connectivity index (χ4n) is 7.26. The predicted molar refractivity (Wildman–Crippen MR) is 198 cm³/mol. The second-order valence-electron chi connectivity index (χ2n) is 12.1. The van der Waals surface area contributed by atoms with Gasteiger partial charge in [-0.15, -0.1) is 0 Å². The molecule has 0 heteroatoms. The fraction of sp³-hybridized carbons (Fsp3) is 0. The van der Waals surface area contributed by atoms with E-state index in [0.29, 0.717) is 0 Å². The Morgan fingerprint density at radius 2 is 0.696 bits per heavy atom. The summed E-state index contributed by atoms with van der Waals surface area (Å²) in [6, 6.07) is 66.5. The monoisotopic (exact) mass is 582 g/mol. The molecule has 0 aliphatic heterocycles. The molecule has 9 rings (SSSR count). The van der Waals surface area contributed by atoms with Gasteiger partial charge in [0.2, 0.25) is 0 Å². The van der Waals surface area contributed by atoms with Crippen LogP contribution in [0, 0.1) is 0 Å². The van der Waals surface area contributed by atoms with Crippen LogP contribution in [0.15, 0.2) is 182 Å². The van der Waals surface area contributed by atoms with Crippen molar-refractivity contribution in [3.8, 4) is 44.5 Å². The van der Waals surface area contributed by atoms with E-state index in [1.54, 1.807) is 0 Å². The predicted octanol–water partition coefficient (Wildman–Crippen LogP) is 13.0. The van der Waals surface area contributed by atoms with Crippen LogP contribution >= 0.6 is 0 Å². The Balaban J connectivity index is 1.17. The highest BCUT2D eigenvalue weighted by molar-refractivity contribution is 6.21. The highest BCUT2D eigenvalue weighted by atomic mass is 14.2. The van der Waals surface area contributed by atoms with Gasteiger partial charge in [0.15, 0.2) is 0 Å². The molecule has 0 saturated carbocycles. The van der Waals surface area contributed by atoms with Crippen LogP contribution in [0.25, 0.3) is 87.6 Å². The zero-order valence-corrected chi connectivity index (χ0v) is 25.3. The van der Waals surface area contributed by atoms with Crippen molar-refractivity contribution in [1.82, 2.24) is 0 Å². The van der Waals surface area contributed by atoms with Crippen LogP contribution in [-0.2, 0) is 0 Å². The molecule has 0 amide bonds. The van der Waals surface area contributed by atoms with Crippen molar-refractivity contribution < 1.29 is 0 Å². The van der Waals surface area contributed by atoms with Gasteiger partial charge in [-0.3, -0.25) is 0 Å². The van der Waals surface area contributed by atoms with Gasteiger partial charge >= 0.3 is 0 Å². The van der Waals surface area contributed by atoms with Crippen molar-refractivity contribution in [3.63, 3.8) is 0 Å². The lowest BCUT2D eigenvalue weighted by molar-refractivity contribution is 1.62. The maximum Gasteiger partial charge on any atom is -0.00262 e. The topological polar surface area (TPSA) is 0 Å². The minimum Gasteiger partial charge on any atom is -0.0622 e. The van der Waals surface area contributed by atoms with Crippen molar-refractivity contribution in [3.05, 3.63) is 182 Å². The molecular formula is C46H30. The van der Waals surface area contributed by atoms with Gasteiger partial charge in [-0.05, 0) is 99.7 Å². The Morgan fingerprint density at radius 1 is 0.217 bits per heavy atom. The Bertz CT molecular complexity index is 2490. The minimum absolute atomic E-state index is 1.22. The number of hydrogen-bond acceptors (Lipinski definition) is 0. The average molecular weight is 583 g/mol. The molecule has 0 fully saturated rings. The first-order valence-electron chi connectivity index (χ1n) is 15.9.